The molecule has 1 unspecified atom stereocenters. The van der Waals surface area contributed by atoms with Gasteiger partial charge < -0.3 is 25.0 Å². The Morgan fingerprint density at radius 1 is 1.11 bits per heavy atom. The zero-order valence-corrected chi connectivity index (χ0v) is 15.9. The molecule has 28 heavy (non-hydrogen) atoms. The van der Waals surface area contributed by atoms with Crippen LogP contribution in [0.3, 0.4) is 0 Å². The van der Waals surface area contributed by atoms with Crippen molar-refractivity contribution in [2.75, 3.05) is 18.7 Å². The molecule has 2 aliphatic heterocycles. The first-order valence-corrected chi connectivity index (χ1v) is 9.47. The second kappa shape index (κ2) is 7.98. The van der Waals surface area contributed by atoms with E-state index in [0.29, 0.717) is 41.7 Å². The van der Waals surface area contributed by atoms with Crippen molar-refractivity contribution in [2.45, 2.75) is 25.4 Å². The highest BCUT2D eigenvalue weighted by Gasteiger charge is 2.34. The summed E-state index contributed by atoms with van der Waals surface area (Å²) in [5.41, 5.74) is 1.55. The summed E-state index contributed by atoms with van der Waals surface area (Å²) < 4.78 is 10.6. The molecule has 0 aliphatic carbocycles. The number of benzene rings is 2. The summed E-state index contributed by atoms with van der Waals surface area (Å²) in [6.07, 6.45) is 1.43. The number of rotatable bonds is 4. The number of fused-ring (bicyclic) bond motifs is 1. The van der Waals surface area contributed by atoms with Crippen molar-refractivity contribution in [1.29, 1.82) is 0 Å². The van der Waals surface area contributed by atoms with E-state index in [1.54, 1.807) is 29.2 Å². The smallest absolute Gasteiger partial charge is 0.322 e. The molecule has 146 valence electrons. The molecule has 8 heteroatoms. The van der Waals surface area contributed by atoms with Crippen molar-refractivity contribution in [3.8, 4) is 11.5 Å². The van der Waals surface area contributed by atoms with Crippen molar-refractivity contribution in [1.82, 2.24) is 10.2 Å². The van der Waals surface area contributed by atoms with Gasteiger partial charge in [-0.2, -0.15) is 0 Å². The molecule has 0 bridgehead atoms. The van der Waals surface area contributed by atoms with Gasteiger partial charge in [0.05, 0.1) is 0 Å². The molecule has 2 aliphatic rings. The zero-order chi connectivity index (χ0) is 19.5. The Morgan fingerprint density at radius 3 is 2.71 bits per heavy atom. The van der Waals surface area contributed by atoms with E-state index in [2.05, 4.69) is 10.6 Å². The Morgan fingerprint density at radius 2 is 1.89 bits per heavy atom. The normalized spacial score (nSPS) is 17.5. The number of anilines is 1. The molecule has 0 saturated carbocycles. The van der Waals surface area contributed by atoms with Crippen LogP contribution in [0.2, 0.25) is 5.02 Å². The van der Waals surface area contributed by atoms with Crippen molar-refractivity contribution in [2.24, 2.45) is 0 Å². The number of halogens is 1. The second-order valence-corrected chi connectivity index (χ2v) is 7.13. The SMILES string of the molecule is O=C(NCc1ccc2c(c1)OCO2)C1CCCN1C(=O)Nc1ccc(Cl)cc1. The van der Waals surface area contributed by atoms with E-state index in [1.165, 1.54) is 0 Å². The summed E-state index contributed by atoms with van der Waals surface area (Å²) in [5, 5.41) is 6.33. The molecule has 3 amide bonds. The Bertz CT molecular complexity index is 888. The third-order valence-corrected chi connectivity index (χ3v) is 5.07. The van der Waals surface area contributed by atoms with E-state index >= 15 is 0 Å². The van der Waals surface area contributed by atoms with Crippen molar-refractivity contribution in [3.05, 3.63) is 53.1 Å². The third-order valence-electron chi connectivity index (χ3n) is 4.82. The summed E-state index contributed by atoms with van der Waals surface area (Å²) >= 11 is 5.87. The number of likely N-dealkylation sites (tertiary alicyclic amines) is 1. The van der Waals surface area contributed by atoms with E-state index in [9.17, 15) is 9.59 Å². The number of hydrogen-bond donors (Lipinski definition) is 2. The predicted octanol–water partition coefficient (Wildman–Crippen LogP) is 3.38. The van der Waals surface area contributed by atoms with E-state index in [1.807, 2.05) is 18.2 Å². The van der Waals surface area contributed by atoms with Crippen LogP contribution < -0.4 is 20.1 Å². The van der Waals surface area contributed by atoms with E-state index < -0.39 is 6.04 Å². The number of amides is 3. The lowest BCUT2D eigenvalue weighted by Gasteiger charge is -2.24. The van der Waals surface area contributed by atoms with Crippen LogP contribution in [-0.2, 0) is 11.3 Å². The van der Waals surface area contributed by atoms with Gasteiger partial charge in [-0.1, -0.05) is 17.7 Å². The van der Waals surface area contributed by atoms with Crippen molar-refractivity contribution in [3.63, 3.8) is 0 Å². The minimum atomic E-state index is -0.485. The molecule has 2 aromatic rings. The standard InChI is InChI=1S/C20H20ClN3O4/c21-14-4-6-15(7-5-14)23-20(26)24-9-1-2-16(24)19(25)22-11-13-3-8-17-18(10-13)28-12-27-17/h3-8,10,16H,1-2,9,11-12H2,(H,22,25)(H,23,26). The molecular formula is C20H20ClN3O4. The minimum absolute atomic E-state index is 0.165. The highest BCUT2D eigenvalue weighted by atomic mass is 35.5. The summed E-state index contributed by atoms with van der Waals surface area (Å²) in [5.74, 6) is 1.22. The van der Waals surface area contributed by atoms with Gasteiger partial charge in [0, 0.05) is 23.8 Å². The van der Waals surface area contributed by atoms with Crippen LogP contribution in [0.4, 0.5) is 10.5 Å². The quantitative estimate of drug-likeness (QED) is 0.823. The van der Waals surface area contributed by atoms with Crippen LogP contribution in [0.25, 0.3) is 0 Å². The predicted molar refractivity (Wildman–Crippen MR) is 105 cm³/mol. The summed E-state index contributed by atoms with van der Waals surface area (Å²) in [7, 11) is 0. The molecule has 1 atom stereocenters. The van der Waals surface area contributed by atoms with Gasteiger partial charge in [0.2, 0.25) is 12.7 Å². The lowest BCUT2D eigenvalue weighted by molar-refractivity contribution is -0.124. The largest absolute Gasteiger partial charge is 0.454 e. The van der Waals surface area contributed by atoms with E-state index in [4.69, 9.17) is 21.1 Å². The van der Waals surface area contributed by atoms with Crippen LogP contribution in [-0.4, -0.2) is 36.2 Å². The van der Waals surface area contributed by atoms with Crippen LogP contribution >= 0.6 is 11.6 Å². The van der Waals surface area contributed by atoms with Gasteiger partial charge in [-0.15, -0.1) is 0 Å². The molecule has 2 N–H and O–H groups in total. The Hall–Kier alpha value is -2.93. The van der Waals surface area contributed by atoms with Gasteiger partial charge in [0.25, 0.3) is 0 Å². The highest BCUT2D eigenvalue weighted by Crippen LogP contribution is 2.32. The summed E-state index contributed by atoms with van der Waals surface area (Å²) in [6.45, 7) is 1.12. The topological polar surface area (TPSA) is 79.9 Å². The number of carbonyl (C=O) groups is 2. The van der Waals surface area contributed by atoms with Gasteiger partial charge >= 0.3 is 6.03 Å². The first-order valence-electron chi connectivity index (χ1n) is 9.09. The number of urea groups is 1. The van der Waals surface area contributed by atoms with Gasteiger partial charge in [0.15, 0.2) is 11.5 Å². The lowest BCUT2D eigenvalue weighted by Crippen LogP contribution is -2.47. The lowest BCUT2D eigenvalue weighted by atomic mass is 10.1. The first kappa shape index (κ1) is 18.4. The van der Waals surface area contributed by atoms with E-state index in [-0.39, 0.29) is 18.7 Å². The van der Waals surface area contributed by atoms with Gasteiger partial charge in [-0.3, -0.25) is 4.79 Å². The molecule has 2 heterocycles. The molecule has 1 saturated heterocycles. The Balaban J connectivity index is 1.35. The molecule has 2 aromatic carbocycles. The molecule has 4 rings (SSSR count). The third kappa shape index (κ3) is 3.99. The summed E-state index contributed by atoms with van der Waals surface area (Å²) in [4.78, 5) is 26.8. The van der Waals surface area contributed by atoms with E-state index in [0.717, 1.165) is 12.0 Å². The number of hydrogen-bond acceptors (Lipinski definition) is 4. The maximum atomic E-state index is 12.7. The Labute approximate surface area is 167 Å². The monoisotopic (exact) mass is 401 g/mol. The fourth-order valence-corrected chi connectivity index (χ4v) is 3.49. The summed E-state index contributed by atoms with van der Waals surface area (Å²) in [6, 6.07) is 11.6. The van der Waals surface area contributed by atoms with Gasteiger partial charge in [-0.05, 0) is 54.8 Å². The number of nitrogens with one attached hydrogen (secondary N) is 2. The maximum Gasteiger partial charge on any atom is 0.322 e. The van der Waals surface area contributed by atoms with Gasteiger partial charge in [-0.25, -0.2) is 4.79 Å². The van der Waals surface area contributed by atoms with Gasteiger partial charge in [0.1, 0.15) is 6.04 Å². The van der Waals surface area contributed by atoms with Crippen LogP contribution in [0.15, 0.2) is 42.5 Å². The molecule has 7 nitrogen and oxygen atoms in total. The maximum absolute atomic E-state index is 12.7. The number of ether oxygens (including phenoxy) is 2. The van der Waals surface area contributed by atoms with Crippen molar-refractivity contribution < 1.29 is 19.1 Å². The average molecular weight is 402 g/mol. The van der Waals surface area contributed by atoms with Crippen LogP contribution in [0, 0.1) is 0 Å². The number of nitrogens with zero attached hydrogens (tertiary/aromatic N) is 1. The van der Waals surface area contributed by atoms with Crippen molar-refractivity contribution >= 4 is 29.2 Å². The molecule has 0 aromatic heterocycles. The highest BCUT2D eigenvalue weighted by molar-refractivity contribution is 6.30. The zero-order valence-electron chi connectivity index (χ0n) is 15.1. The molecular weight excluding hydrogens is 382 g/mol. The van der Waals surface area contributed by atoms with Crippen LogP contribution in [0.1, 0.15) is 18.4 Å². The average Bonchev–Trinajstić information content (AvgIpc) is 3.36. The first-order chi connectivity index (χ1) is 13.6. The fourth-order valence-electron chi connectivity index (χ4n) is 3.37. The number of carbonyl (C=O) groups excluding carboxylic acids is 2. The second-order valence-electron chi connectivity index (χ2n) is 6.69. The Kier molecular flexibility index (Phi) is 5.25. The minimum Gasteiger partial charge on any atom is -0.454 e. The fraction of sp³-hybridized carbons (Fsp3) is 0.300. The molecule has 0 spiro atoms. The molecule has 0 radical (unpaired) electrons. The molecule has 1 fully saturated rings. The van der Waals surface area contributed by atoms with Crippen LogP contribution in [0.5, 0.6) is 11.5 Å².